The highest BCUT2D eigenvalue weighted by Gasteiger charge is 2.31. The number of hydrogen-bond acceptors (Lipinski definition) is 5. The van der Waals surface area contributed by atoms with Crippen LogP contribution in [-0.2, 0) is 9.84 Å². The van der Waals surface area contributed by atoms with Crippen LogP contribution in [0, 0.1) is 0 Å². The molecular weight excluding hydrogens is 338 g/mol. The molecule has 1 unspecified atom stereocenters. The molecule has 1 aliphatic carbocycles. The number of rotatable bonds is 3. The van der Waals surface area contributed by atoms with Crippen molar-refractivity contribution in [3.05, 3.63) is 35.9 Å². The van der Waals surface area contributed by atoms with E-state index in [1.807, 2.05) is 29.2 Å². The van der Waals surface area contributed by atoms with Gasteiger partial charge in [0.1, 0.15) is 5.82 Å². The number of carbonyl (C=O) groups excluding carboxylic acids is 1. The number of nitrogens with one attached hydrogen (secondary N) is 1. The van der Waals surface area contributed by atoms with Gasteiger partial charge in [-0.1, -0.05) is 18.2 Å². The van der Waals surface area contributed by atoms with Gasteiger partial charge in [0, 0.05) is 24.5 Å². The van der Waals surface area contributed by atoms with Crippen LogP contribution in [0.25, 0.3) is 10.9 Å². The minimum atomic E-state index is -3.03. The predicted octanol–water partition coefficient (Wildman–Crippen LogP) is 1.75. The first-order valence-corrected chi connectivity index (χ1v) is 10.3. The van der Waals surface area contributed by atoms with E-state index in [4.69, 9.17) is 0 Å². The van der Waals surface area contributed by atoms with Crippen molar-refractivity contribution in [3.8, 4) is 0 Å². The number of amides is 1. The number of pyridine rings is 1. The largest absolute Gasteiger partial charge is 0.354 e. The van der Waals surface area contributed by atoms with Crippen molar-refractivity contribution in [1.29, 1.82) is 0 Å². The lowest BCUT2D eigenvalue weighted by atomic mass is 10.1. The van der Waals surface area contributed by atoms with Gasteiger partial charge in [-0.25, -0.2) is 13.4 Å². The first-order chi connectivity index (χ1) is 11.9. The molecule has 1 aliphatic heterocycles. The fourth-order valence-corrected chi connectivity index (χ4v) is 4.45. The molecule has 1 amide bonds. The van der Waals surface area contributed by atoms with Gasteiger partial charge in [0.05, 0.1) is 22.1 Å². The fourth-order valence-electron chi connectivity index (χ4n) is 3.16. The summed E-state index contributed by atoms with van der Waals surface area (Å²) in [6.45, 7) is 2.53. The maximum Gasteiger partial charge on any atom is 0.252 e. The molecule has 0 radical (unpaired) electrons. The van der Waals surface area contributed by atoms with E-state index in [2.05, 4.69) is 10.3 Å². The second-order valence-electron chi connectivity index (χ2n) is 6.92. The maximum atomic E-state index is 12.7. The van der Waals surface area contributed by atoms with Gasteiger partial charge in [-0.05, 0) is 31.9 Å². The van der Waals surface area contributed by atoms with Crippen LogP contribution < -0.4 is 10.2 Å². The number of carbonyl (C=O) groups is 1. The molecule has 1 aromatic heterocycles. The minimum absolute atomic E-state index is 0.0833. The Labute approximate surface area is 147 Å². The molecule has 1 saturated heterocycles. The zero-order valence-electron chi connectivity index (χ0n) is 14.1. The van der Waals surface area contributed by atoms with E-state index in [1.54, 1.807) is 13.0 Å². The van der Waals surface area contributed by atoms with E-state index in [9.17, 15) is 13.2 Å². The van der Waals surface area contributed by atoms with Crippen LogP contribution in [0.1, 0.15) is 30.1 Å². The molecule has 4 rings (SSSR count). The Balaban J connectivity index is 1.73. The van der Waals surface area contributed by atoms with E-state index in [0.717, 1.165) is 23.7 Å². The molecule has 1 aromatic carbocycles. The molecule has 2 aliphatic rings. The summed E-state index contributed by atoms with van der Waals surface area (Å²) in [6.07, 6.45) is 2.06. The summed E-state index contributed by atoms with van der Waals surface area (Å²) in [5.74, 6) is 0.702. The number of sulfone groups is 1. The zero-order valence-corrected chi connectivity index (χ0v) is 14.9. The third kappa shape index (κ3) is 3.20. The van der Waals surface area contributed by atoms with Crippen LogP contribution in [0.4, 0.5) is 5.82 Å². The summed E-state index contributed by atoms with van der Waals surface area (Å²) in [6, 6.07) is 9.65. The molecule has 2 heterocycles. The number of hydrogen-bond donors (Lipinski definition) is 1. The Morgan fingerprint density at radius 3 is 2.76 bits per heavy atom. The lowest BCUT2D eigenvalue weighted by molar-refractivity contribution is 0.0952. The maximum absolute atomic E-state index is 12.7. The Bertz CT molecular complexity index is 938. The standard InChI is InChI=1S/C18H21N3O3S/c1-12-11-21(8-9-25(12,23)24)17-10-15(18(22)19-13-6-7-13)14-4-2-3-5-16(14)20-17/h2-5,10,12-13H,6-9,11H2,1H3,(H,19,22). The third-order valence-electron chi connectivity index (χ3n) is 4.92. The van der Waals surface area contributed by atoms with E-state index in [1.165, 1.54) is 0 Å². The quantitative estimate of drug-likeness (QED) is 0.903. The van der Waals surface area contributed by atoms with Gasteiger partial charge in [-0.15, -0.1) is 0 Å². The van der Waals surface area contributed by atoms with Gasteiger partial charge in [-0.2, -0.15) is 0 Å². The van der Waals surface area contributed by atoms with Crippen molar-refractivity contribution in [2.45, 2.75) is 31.1 Å². The second kappa shape index (κ2) is 5.98. The number of anilines is 1. The molecule has 7 heteroatoms. The van der Waals surface area contributed by atoms with Gasteiger partial charge in [0.2, 0.25) is 0 Å². The van der Waals surface area contributed by atoms with Crippen LogP contribution in [0.5, 0.6) is 0 Å². The van der Waals surface area contributed by atoms with Crippen LogP contribution in [-0.4, -0.2) is 49.4 Å². The van der Waals surface area contributed by atoms with Crippen molar-refractivity contribution < 1.29 is 13.2 Å². The SMILES string of the molecule is CC1CN(c2cc(C(=O)NC3CC3)c3ccccc3n2)CCS1(=O)=O. The minimum Gasteiger partial charge on any atom is -0.354 e. The monoisotopic (exact) mass is 359 g/mol. The molecule has 132 valence electrons. The number of benzene rings is 1. The highest BCUT2D eigenvalue weighted by Crippen LogP contribution is 2.27. The van der Waals surface area contributed by atoms with Crippen molar-refractivity contribution in [2.75, 3.05) is 23.7 Å². The van der Waals surface area contributed by atoms with E-state index < -0.39 is 15.1 Å². The number of fused-ring (bicyclic) bond motifs is 1. The predicted molar refractivity (Wildman–Crippen MR) is 97.7 cm³/mol. The Morgan fingerprint density at radius 2 is 2.04 bits per heavy atom. The Kier molecular flexibility index (Phi) is 3.91. The van der Waals surface area contributed by atoms with Crippen LogP contribution in [0.15, 0.2) is 30.3 Å². The summed E-state index contributed by atoms with van der Waals surface area (Å²) < 4.78 is 23.9. The van der Waals surface area contributed by atoms with Crippen molar-refractivity contribution in [3.63, 3.8) is 0 Å². The van der Waals surface area contributed by atoms with Crippen LogP contribution in [0.3, 0.4) is 0 Å². The summed E-state index contributed by atoms with van der Waals surface area (Å²) in [5.41, 5.74) is 1.36. The normalized spacial score (nSPS) is 22.8. The van der Waals surface area contributed by atoms with E-state index in [0.29, 0.717) is 24.5 Å². The molecular formula is C18H21N3O3S. The van der Waals surface area contributed by atoms with Gasteiger partial charge in [0.25, 0.3) is 5.91 Å². The Hall–Kier alpha value is -2.15. The topological polar surface area (TPSA) is 79.4 Å². The zero-order chi connectivity index (χ0) is 17.6. The van der Waals surface area contributed by atoms with Crippen LogP contribution >= 0.6 is 0 Å². The smallest absolute Gasteiger partial charge is 0.252 e. The van der Waals surface area contributed by atoms with Gasteiger partial charge in [0.15, 0.2) is 9.84 Å². The van der Waals surface area contributed by atoms with Crippen molar-refractivity contribution in [1.82, 2.24) is 10.3 Å². The van der Waals surface area contributed by atoms with Gasteiger partial charge in [-0.3, -0.25) is 4.79 Å². The Morgan fingerprint density at radius 1 is 1.28 bits per heavy atom. The lowest BCUT2D eigenvalue weighted by Crippen LogP contribution is -2.46. The highest BCUT2D eigenvalue weighted by molar-refractivity contribution is 7.92. The van der Waals surface area contributed by atoms with Gasteiger partial charge >= 0.3 is 0 Å². The van der Waals surface area contributed by atoms with Crippen molar-refractivity contribution in [2.24, 2.45) is 0 Å². The second-order valence-corrected chi connectivity index (χ2v) is 9.46. The number of aromatic nitrogens is 1. The highest BCUT2D eigenvalue weighted by atomic mass is 32.2. The summed E-state index contributed by atoms with van der Waals surface area (Å²) in [5, 5.41) is 3.42. The fraction of sp³-hybridized carbons (Fsp3) is 0.444. The van der Waals surface area contributed by atoms with Gasteiger partial charge < -0.3 is 10.2 Å². The molecule has 25 heavy (non-hydrogen) atoms. The molecule has 0 spiro atoms. The summed E-state index contributed by atoms with van der Waals surface area (Å²) in [4.78, 5) is 19.3. The molecule has 2 aromatic rings. The average Bonchev–Trinajstić information content (AvgIpc) is 3.40. The van der Waals surface area contributed by atoms with E-state index >= 15 is 0 Å². The summed E-state index contributed by atoms with van der Waals surface area (Å²) >= 11 is 0. The number of nitrogens with zero attached hydrogens (tertiary/aromatic N) is 2. The molecule has 0 bridgehead atoms. The first kappa shape index (κ1) is 16.3. The van der Waals surface area contributed by atoms with E-state index in [-0.39, 0.29) is 17.7 Å². The summed E-state index contributed by atoms with van der Waals surface area (Å²) in [7, 11) is -3.03. The van der Waals surface area contributed by atoms with Crippen LogP contribution in [0.2, 0.25) is 0 Å². The molecule has 6 nitrogen and oxygen atoms in total. The molecule has 1 saturated carbocycles. The first-order valence-electron chi connectivity index (χ1n) is 8.61. The lowest BCUT2D eigenvalue weighted by Gasteiger charge is -2.32. The third-order valence-corrected chi connectivity index (χ3v) is 7.05. The van der Waals surface area contributed by atoms with Crippen molar-refractivity contribution >= 4 is 32.5 Å². The molecule has 1 N–H and O–H groups in total. The number of para-hydroxylation sites is 1. The molecule has 1 atom stereocenters. The molecule has 2 fully saturated rings. The average molecular weight is 359 g/mol.